The van der Waals surface area contributed by atoms with E-state index in [0.717, 1.165) is 5.56 Å². The highest BCUT2D eigenvalue weighted by Crippen LogP contribution is 2.27. The SMILES string of the molecule is C[C@H]1[C@@H](O)[C@@H](O)[C@H](O)[C@H]1NCc1ccccc1. The van der Waals surface area contributed by atoms with Gasteiger partial charge in [0.15, 0.2) is 0 Å². The third-order valence-corrected chi connectivity index (χ3v) is 3.56. The summed E-state index contributed by atoms with van der Waals surface area (Å²) < 4.78 is 0. The van der Waals surface area contributed by atoms with E-state index in [4.69, 9.17) is 0 Å². The van der Waals surface area contributed by atoms with Gasteiger partial charge in [-0.2, -0.15) is 0 Å². The van der Waals surface area contributed by atoms with Crippen molar-refractivity contribution in [1.29, 1.82) is 0 Å². The molecule has 0 aromatic heterocycles. The largest absolute Gasteiger partial charge is 0.390 e. The van der Waals surface area contributed by atoms with Crippen LogP contribution in [0.15, 0.2) is 30.3 Å². The molecule has 0 bridgehead atoms. The van der Waals surface area contributed by atoms with Gasteiger partial charge in [0.1, 0.15) is 6.10 Å². The topological polar surface area (TPSA) is 72.7 Å². The lowest BCUT2D eigenvalue weighted by atomic mass is 10.0. The molecule has 1 aromatic rings. The predicted octanol–water partition coefficient (Wildman–Crippen LogP) is -0.123. The monoisotopic (exact) mass is 237 g/mol. The van der Waals surface area contributed by atoms with Crippen LogP contribution in [0.4, 0.5) is 0 Å². The standard InChI is InChI=1S/C13H19NO3/c1-8-10(12(16)13(17)11(8)15)14-7-9-5-3-2-4-6-9/h2-6,8,10-17H,7H2,1H3/t8-,10+,11-,12-,13-/m1/s1. The fraction of sp³-hybridized carbons (Fsp3) is 0.538. The molecular formula is C13H19NO3. The smallest absolute Gasteiger partial charge is 0.108 e. The normalized spacial score (nSPS) is 37.3. The van der Waals surface area contributed by atoms with Crippen molar-refractivity contribution < 1.29 is 15.3 Å². The molecule has 4 nitrogen and oxygen atoms in total. The lowest BCUT2D eigenvalue weighted by molar-refractivity contribution is -0.0267. The van der Waals surface area contributed by atoms with Crippen LogP contribution in [0, 0.1) is 5.92 Å². The van der Waals surface area contributed by atoms with Crippen molar-refractivity contribution in [3.8, 4) is 0 Å². The number of hydrogen-bond acceptors (Lipinski definition) is 4. The molecule has 1 saturated carbocycles. The van der Waals surface area contributed by atoms with E-state index in [0.29, 0.717) is 6.54 Å². The Balaban J connectivity index is 1.96. The summed E-state index contributed by atoms with van der Waals surface area (Å²) >= 11 is 0. The van der Waals surface area contributed by atoms with Crippen LogP contribution in [0.5, 0.6) is 0 Å². The Labute approximate surface area is 101 Å². The molecule has 0 saturated heterocycles. The summed E-state index contributed by atoms with van der Waals surface area (Å²) in [6.07, 6.45) is -2.83. The van der Waals surface area contributed by atoms with E-state index in [9.17, 15) is 15.3 Å². The Kier molecular flexibility index (Phi) is 3.79. The highest BCUT2D eigenvalue weighted by atomic mass is 16.4. The molecule has 0 spiro atoms. The van der Waals surface area contributed by atoms with E-state index in [1.807, 2.05) is 37.3 Å². The second-order valence-corrected chi connectivity index (χ2v) is 4.72. The van der Waals surface area contributed by atoms with Gasteiger partial charge < -0.3 is 20.6 Å². The molecule has 0 unspecified atom stereocenters. The summed E-state index contributed by atoms with van der Waals surface area (Å²) in [5.74, 6) is -0.163. The number of aliphatic hydroxyl groups is 3. The molecule has 0 aliphatic heterocycles. The molecule has 1 aliphatic rings. The predicted molar refractivity (Wildman–Crippen MR) is 64.3 cm³/mol. The minimum Gasteiger partial charge on any atom is -0.390 e. The molecule has 1 aromatic carbocycles. The summed E-state index contributed by atoms with van der Waals surface area (Å²) in [6, 6.07) is 9.56. The molecule has 17 heavy (non-hydrogen) atoms. The van der Waals surface area contributed by atoms with Gasteiger partial charge in [0.05, 0.1) is 12.2 Å². The van der Waals surface area contributed by atoms with E-state index in [1.165, 1.54) is 0 Å². The van der Waals surface area contributed by atoms with E-state index >= 15 is 0 Å². The second kappa shape index (κ2) is 5.14. The van der Waals surface area contributed by atoms with Gasteiger partial charge in [-0.15, -0.1) is 0 Å². The van der Waals surface area contributed by atoms with Gasteiger partial charge in [-0.25, -0.2) is 0 Å². The number of benzene rings is 1. The zero-order chi connectivity index (χ0) is 12.4. The van der Waals surface area contributed by atoms with Crippen LogP contribution in [-0.2, 0) is 6.54 Å². The molecule has 2 rings (SSSR count). The van der Waals surface area contributed by atoms with Gasteiger partial charge in [0.25, 0.3) is 0 Å². The maximum Gasteiger partial charge on any atom is 0.108 e. The Hall–Kier alpha value is -0.940. The molecule has 0 radical (unpaired) electrons. The Bertz CT molecular complexity index is 343. The van der Waals surface area contributed by atoms with Gasteiger partial charge in [-0.1, -0.05) is 37.3 Å². The molecule has 0 amide bonds. The summed E-state index contributed by atoms with van der Waals surface area (Å²) in [6.45, 7) is 2.44. The van der Waals surface area contributed by atoms with Crippen LogP contribution < -0.4 is 5.32 Å². The fourth-order valence-corrected chi connectivity index (χ4v) is 2.39. The van der Waals surface area contributed by atoms with E-state index in [-0.39, 0.29) is 12.0 Å². The fourth-order valence-electron chi connectivity index (χ4n) is 2.39. The highest BCUT2D eigenvalue weighted by molar-refractivity contribution is 5.15. The van der Waals surface area contributed by atoms with Crippen molar-refractivity contribution in [2.24, 2.45) is 5.92 Å². The van der Waals surface area contributed by atoms with Crippen molar-refractivity contribution in [2.45, 2.75) is 37.8 Å². The summed E-state index contributed by atoms with van der Waals surface area (Å²) in [4.78, 5) is 0. The Morgan fingerprint density at radius 3 is 2.18 bits per heavy atom. The third kappa shape index (κ3) is 2.50. The third-order valence-electron chi connectivity index (χ3n) is 3.56. The molecule has 0 heterocycles. The van der Waals surface area contributed by atoms with Crippen LogP contribution in [0.3, 0.4) is 0 Å². The lowest BCUT2D eigenvalue weighted by Crippen LogP contribution is -2.41. The van der Waals surface area contributed by atoms with Gasteiger partial charge in [0.2, 0.25) is 0 Å². The van der Waals surface area contributed by atoms with Crippen molar-refractivity contribution >= 4 is 0 Å². The molecule has 1 aliphatic carbocycles. The van der Waals surface area contributed by atoms with Crippen molar-refractivity contribution in [3.63, 3.8) is 0 Å². The van der Waals surface area contributed by atoms with Crippen molar-refractivity contribution in [2.75, 3.05) is 0 Å². The molecule has 94 valence electrons. The molecule has 4 heteroatoms. The first kappa shape index (κ1) is 12.5. The average molecular weight is 237 g/mol. The van der Waals surface area contributed by atoms with Crippen LogP contribution in [-0.4, -0.2) is 39.7 Å². The quantitative estimate of drug-likeness (QED) is 0.591. The number of nitrogens with one attached hydrogen (secondary N) is 1. The number of rotatable bonds is 3. The maximum atomic E-state index is 9.80. The zero-order valence-corrected chi connectivity index (χ0v) is 9.82. The van der Waals surface area contributed by atoms with Crippen LogP contribution in [0.25, 0.3) is 0 Å². The van der Waals surface area contributed by atoms with Crippen LogP contribution in [0.2, 0.25) is 0 Å². The van der Waals surface area contributed by atoms with Gasteiger partial charge >= 0.3 is 0 Å². The minimum absolute atomic E-state index is 0.163. The first-order valence-corrected chi connectivity index (χ1v) is 5.93. The van der Waals surface area contributed by atoms with Crippen LogP contribution in [0.1, 0.15) is 12.5 Å². The number of hydrogen-bond donors (Lipinski definition) is 4. The molecule has 1 fully saturated rings. The van der Waals surface area contributed by atoms with Gasteiger partial charge in [-0.05, 0) is 5.56 Å². The van der Waals surface area contributed by atoms with Crippen molar-refractivity contribution in [3.05, 3.63) is 35.9 Å². The first-order chi connectivity index (χ1) is 8.11. The highest BCUT2D eigenvalue weighted by Gasteiger charge is 2.45. The lowest BCUT2D eigenvalue weighted by Gasteiger charge is -2.21. The van der Waals surface area contributed by atoms with E-state index in [1.54, 1.807) is 0 Å². The summed E-state index contributed by atoms with van der Waals surface area (Å²) in [7, 11) is 0. The zero-order valence-electron chi connectivity index (χ0n) is 9.82. The maximum absolute atomic E-state index is 9.80. The minimum atomic E-state index is -1.06. The summed E-state index contributed by atoms with van der Waals surface area (Å²) in [5.41, 5.74) is 1.11. The van der Waals surface area contributed by atoms with Crippen molar-refractivity contribution in [1.82, 2.24) is 5.32 Å². The first-order valence-electron chi connectivity index (χ1n) is 5.93. The number of aliphatic hydroxyl groups excluding tert-OH is 3. The molecular weight excluding hydrogens is 218 g/mol. The summed E-state index contributed by atoms with van der Waals surface area (Å²) in [5, 5.41) is 32.2. The Morgan fingerprint density at radius 2 is 1.65 bits per heavy atom. The second-order valence-electron chi connectivity index (χ2n) is 4.72. The van der Waals surface area contributed by atoms with Gasteiger partial charge in [-0.3, -0.25) is 0 Å². The molecule has 4 N–H and O–H groups in total. The Morgan fingerprint density at radius 1 is 1.00 bits per heavy atom. The van der Waals surface area contributed by atoms with E-state index in [2.05, 4.69) is 5.32 Å². The van der Waals surface area contributed by atoms with Crippen LogP contribution >= 0.6 is 0 Å². The van der Waals surface area contributed by atoms with E-state index < -0.39 is 18.3 Å². The molecule has 5 atom stereocenters. The average Bonchev–Trinajstić information content (AvgIpc) is 2.54. The van der Waals surface area contributed by atoms with Gasteiger partial charge in [0, 0.05) is 18.5 Å².